The summed E-state index contributed by atoms with van der Waals surface area (Å²) in [4.78, 5) is 5.33. The summed E-state index contributed by atoms with van der Waals surface area (Å²) in [6, 6.07) is 11.1. The van der Waals surface area contributed by atoms with Crippen LogP contribution in [0, 0.1) is 5.82 Å². The number of nitrogens with zero attached hydrogens (tertiary/aromatic N) is 1. The zero-order valence-electron chi connectivity index (χ0n) is 10.2. The van der Waals surface area contributed by atoms with Crippen LogP contribution < -0.4 is 10.3 Å². The van der Waals surface area contributed by atoms with Crippen LogP contribution in [-0.4, -0.2) is 25.5 Å². The first-order chi connectivity index (χ1) is 9.59. The maximum absolute atomic E-state index is 11.9. The highest BCUT2D eigenvalue weighted by molar-refractivity contribution is 7.70. The van der Waals surface area contributed by atoms with Crippen molar-refractivity contribution in [1.29, 1.82) is 0 Å². The van der Waals surface area contributed by atoms with Crippen molar-refractivity contribution in [1.82, 2.24) is 9.87 Å². The highest BCUT2D eigenvalue weighted by Crippen LogP contribution is 1.91. The first-order valence-electron chi connectivity index (χ1n) is 5.44. The van der Waals surface area contributed by atoms with Gasteiger partial charge in [0.05, 0.1) is 0 Å². The molecule has 1 aromatic heterocycles. The third kappa shape index (κ3) is 6.95. The highest BCUT2D eigenvalue weighted by atomic mass is 32.2. The van der Waals surface area contributed by atoms with Gasteiger partial charge in [-0.1, -0.05) is 24.3 Å². The fourth-order valence-corrected chi connectivity index (χ4v) is 1.28. The first-order valence-corrected chi connectivity index (χ1v) is 6.61. The molecule has 106 valence electrons. The molecule has 0 atom stereocenters. The molecule has 0 saturated heterocycles. The number of hydrogen-bond donors (Lipinski definition) is 3. The molecule has 20 heavy (non-hydrogen) atoms. The van der Waals surface area contributed by atoms with Crippen LogP contribution in [0.4, 0.5) is 4.39 Å². The van der Waals surface area contributed by atoms with E-state index in [0.717, 1.165) is 0 Å². The Hall–Kier alpha value is -1.81. The zero-order chi connectivity index (χ0) is 14.8. The average Bonchev–Trinajstić information content (AvgIpc) is 2.47. The Balaban J connectivity index is 0.000000240. The summed E-state index contributed by atoms with van der Waals surface area (Å²) in [6.45, 7) is 0. The standard InChI is InChI=1S/C6H5F.C5H7BN2O4S/c7-6-4-2-1-3-5-6;9-6(12-8-13(10)11)5-2-1-3-7-4-5/h1-5H;1-4,9,13H,(H,8,10,11). The third-order valence-corrected chi connectivity index (χ3v) is 2.20. The zero-order valence-corrected chi connectivity index (χ0v) is 11.1. The van der Waals surface area contributed by atoms with Crippen molar-refractivity contribution >= 4 is 23.5 Å². The van der Waals surface area contributed by atoms with Gasteiger partial charge in [0.2, 0.25) is 10.9 Å². The van der Waals surface area contributed by atoms with Gasteiger partial charge in [-0.25, -0.2) is 12.8 Å². The molecular weight excluding hydrogens is 286 g/mol. The van der Waals surface area contributed by atoms with Crippen LogP contribution in [0.5, 0.6) is 0 Å². The van der Waals surface area contributed by atoms with E-state index in [1.54, 1.807) is 35.2 Å². The van der Waals surface area contributed by atoms with E-state index in [0.29, 0.717) is 5.46 Å². The van der Waals surface area contributed by atoms with Crippen LogP contribution in [0.1, 0.15) is 0 Å². The Morgan fingerprint density at radius 2 is 1.90 bits per heavy atom. The van der Waals surface area contributed by atoms with Gasteiger partial charge in [0.15, 0.2) is 0 Å². The molecule has 0 spiro atoms. The average molecular weight is 298 g/mol. The van der Waals surface area contributed by atoms with Gasteiger partial charge >= 0.3 is 7.12 Å². The first kappa shape index (κ1) is 16.2. The van der Waals surface area contributed by atoms with E-state index in [-0.39, 0.29) is 5.82 Å². The predicted octanol–water partition coefficient (Wildman–Crippen LogP) is -0.358. The van der Waals surface area contributed by atoms with E-state index >= 15 is 0 Å². The van der Waals surface area contributed by atoms with Gasteiger partial charge in [-0.05, 0) is 18.2 Å². The van der Waals surface area contributed by atoms with E-state index in [4.69, 9.17) is 0 Å². The molecule has 0 saturated carbocycles. The second-order valence-electron chi connectivity index (χ2n) is 3.40. The van der Waals surface area contributed by atoms with Crippen molar-refractivity contribution in [2.45, 2.75) is 0 Å². The Morgan fingerprint density at radius 1 is 1.20 bits per heavy atom. The number of nitrogens with one attached hydrogen (secondary N) is 1. The lowest BCUT2D eigenvalue weighted by Crippen LogP contribution is -2.38. The van der Waals surface area contributed by atoms with E-state index in [1.165, 1.54) is 24.5 Å². The lowest BCUT2D eigenvalue weighted by molar-refractivity contribution is 0.232. The normalized spacial score (nSPS) is 9.75. The lowest BCUT2D eigenvalue weighted by Gasteiger charge is -2.03. The number of rotatable bonds is 4. The minimum Gasteiger partial charge on any atom is -0.422 e. The van der Waals surface area contributed by atoms with Gasteiger partial charge in [-0.2, -0.15) is 0 Å². The van der Waals surface area contributed by atoms with Crippen LogP contribution in [0.15, 0.2) is 54.9 Å². The highest BCUT2D eigenvalue weighted by Gasteiger charge is 2.16. The summed E-state index contributed by atoms with van der Waals surface area (Å²) in [7, 11) is -4.22. The van der Waals surface area contributed by atoms with Crippen LogP contribution >= 0.6 is 0 Å². The minimum absolute atomic E-state index is 0.178. The largest absolute Gasteiger partial charge is 0.510 e. The summed E-state index contributed by atoms with van der Waals surface area (Å²) < 4.78 is 36.3. The molecule has 0 aliphatic carbocycles. The van der Waals surface area contributed by atoms with Gasteiger partial charge in [0.25, 0.3) is 0 Å². The van der Waals surface area contributed by atoms with Crippen LogP contribution in [0.3, 0.4) is 0 Å². The molecule has 1 heterocycles. The van der Waals surface area contributed by atoms with Crippen LogP contribution in [0.2, 0.25) is 0 Å². The van der Waals surface area contributed by atoms with Gasteiger partial charge in [-0.3, -0.25) is 4.98 Å². The summed E-state index contributed by atoms with van der Waals surface area (Å²) in [6.07, 6.45) is 2.89. The van der Waals surface area contributed by atoms with Gasteiger partial charge in [0, 0.05) is 17.9 Å². The fourth-order valence-electron chi connectivity index (χ4n) is 1.10. The molecule has 9 heteroatoms. The molecule has 2 aromatic rings. The number of pyridine rings is 1. The maximum atomic E-state index is 11.9. The summed E-state index contributed by atoms with van der Waals surface area (Å²) >= 11 is 0. The smallest absolute Gasteiger partial charge is 0.422 e. The minimum atomic E-state index is -2.88. The SMILES string of the molecule is Fc1ccccc1.O=[SH](=O)NOB(O)c1cccnc1. The van der Waals surface area contributed by atoms with E-state index in [2.05, 4.69) is 9.74 Å². The molecule has 0 aliphatic rings. The molecular formula is C11H12BFN2O4S. The van der Waals surface area contributed by atoms with Crippen LogP contribution in [0.25, 0.3) is 0 Å². The van der Waals surface area contributed by atoms with Crippen molar-refractivity contribution in [3.63, 3.8) is 0 Å². The molecule has 2 N–H and O–H groups in total. The molecule has 0 amide bonds. The number of benzene rings is 1. The number of halogens is 1. The summed E-state index contributed by atoms with van der Waals surface area (Å²) in [5.41, 5.74) is 0.367. The molecule has 0 bridgehead atoms. The molecule has 6 nitrogen and oxygen atoms in total. The number of hydrogen-bond acceptors (Lipinski definition) is 5. The monoisotopic (exact) mass is 298 g/mol. The summed E-state index contributed by atoms with van der Waals surface area (Å²) in [5, 5.41) is 9.18. The van der Waals surface area contributed by atoms with E-state index < -0.39 is 18.0 Å². The van der Waals surface area contributed by atoms with E-state index in [1.807, 2.05) is 0 Å². The molecule has 0 aliphatic heterocycles. The Kier molecular flexibility index (Phi) is 7.44. The molecule has 0 unspecified atom stereocenters. The van der Waals surface area contributed by atoms with Crippen molar-refractivity contribution in [2.24, 2.45) is 0 Å². The molecule has 0 fully saturated rings. The van der Waals surface area contributed by atoms with Crippen molar-refractivity contribution in [2.75, 3.05) is 0 Å². The second kappa shape index (κ2) is 9.15. The quantitative estimate of drug-likeness (QED) is 0.408. The van der Waals surface area contributed by atoms with Crippen molar-refractivity contribution < 1.29 is 22.6 Å². The number of aromatic nitrogens is 1. The topological polar surface area (TPSA) is 88.5 Å². The fraction of sp³-hybridized carbons (Fsp3) is 0. The van der Waals surface area contributed by atoms with Crippen LogP contribution in [-0.2, 0) is 15.6 Å². The molecule has 2 rings (SSSR count). The maximum Gasteiger partial charge on any atom is 0.510 e. The third-order valence-electron chi connectivity index (χ3n) is 1.94. The Morgan fingerprint density at radius 3 is 2.35 bits per heavy atom. The Labute approximate surface area is 117 Å². The van der Waals surface area contributed by atoms with Gasteiger partial charge < -0.3 is 9.78 Å². The van der Waals surface area contributed by atoms with Gasteiger partial charge in [0.1, 0.15) is 5.82 Å². The van der Waals surface area contributed by atoms with Crippen molar-refractivity contribution in [3.8, 4) is 0 Å². The lowest BCUT2D eigenvalue weighted by atomic mass is 9.81. The van der Waals surface area contributed by atoms with E-state index in [9.17, 15) is 17.8 Å². The predicted molar refractivity (Wildman–Crippen MR) is 72.8 cm³/mol. The Bertz CT molecular complexity index is 563. The van der Waals surface area contributed by atoms with Crippen molar-refractivity contribution in [3.05, 3.63) is 60.7 Å². The second-order valence-corrected chi connectivity index (χ2v) is 4.10. The molecule has 1 aromatic carbocycles. The molecule has 0 radical (unpaired) electrons. The van der Waals surface area contributed by atoms with Gasteiger partial charge in [-0.15, -0.1) is 4.89 Å². The summed E-state index contributed by atoms with van der Waals surface area (Å²) in [5.74, 6) is -0.178. The number of thiol groups is 1.